The minimum atomic E-state index is -5.03. The van der Waals surface area contributed by atoms with Crippen LogP contribution in [0.4, 0.5) is 13.2 Å². The molecule has 1 aliphatic heterocycles. The predicted molar refractivity (Wildman–Crippen MR) is 70.9 cm³/mol. The highest BCUT2D eigenvalue weighted by molar-refractivity contribution is 7.92. The van der Waals surface area contributed by atoms with Gasteiger partial charge < -0.3 is 0 Å². The third-order valence-electron chi connectivity index (χ3n) is 3.54. The number of nitrogens with zero attached hydrogens (tertiary/aromatic N) is 3. The Kier molecular flexibility index (Phi) is 3.28. The summed E-state index contributed by atoms with van der Waals surface area (Å²) in [5, 5.41) is -1.43. The molecule has 1 aromatic heterocycles. The van der Waals surface area contributed by atoms with Gasteiger partial charge in [-0.3, -0.25) is 0 Å². The molecule has 0 fully saturated rings. The monoisotopic (exact) mass is 331 g/mol. The highest BCUT2D eigenvalue weighted by Crippen LogP contribution is 2.40. The SMILES string of the molecule is CC(F)(F)S(=O)(=O)c1nc2n(n1)[C@H](c1ccccc1)C[C@@H]2F. The van der Waals surface area contributed by atoms with Crippen LogP contribution in [0.3, 0.4) is 0 Å². The van der Waals surface area contributed by atoms with E-state index in [4.69, 9.17) is 0 Å². The van der Waals surface area contributed by atoms with Crippen LogP contribution < -0.4 is 0 Å². The van der Waals surface area contributed by atoms with Crippen molar-refractivity contribution in [2.24, 2.45) is 0 Å². The van der Waals surface area contributed by atoms with Crippen molar-refractivity contribution < 1.29 is 21.6 Å². The Morgan fingerprint density at radius 1 is 1.27 bits per heavy atom. The van der Waals surface area contributed by atoms with E-state index in [2.05, 4.69) is 10.1 Å². The molecule has 0 amide bonds. The van der Waals surface area contributed by atoms with Gasteiger partial charge in [0.2, 0.25) is 0 Å². The number of alkyl halides is 3. The van der Waals surface area contributed by atoms with Gasteiger partial charge in [-0.1, -0.05) is 30.3 Å². The Hall–Kier alpha value is -1.90. The summed E-state index contributed by atoms with van der Waals surface area (Å²) >= 11 is 0. The smallest absolute Gasteiger partial charge is 0.239 e. The first-order valence-electron chi connectivity index (χ1n) is 6.49. The third-order valence-corrected chi connectivity index (χ3v) is 5.14. The quantitative estimate of drug-likeness (QED) is 0.867. The second-order valence-electron chi connectivity index (χ2n) is 5.14. The fourth-order valence-corrected chi connectivity index (χ4v) is 3.12. The molecule has 0 aliphatic carbocycles. The normalized spacial score (nSPS) is 21.8. The maximum absolute atomic E-state index is 14.0. The van der Waals surface area contributed by atoms with Crippen molar-refractivity contribution in [3.8, 4) is 0 Å². The van der Waals surface area contributed by atoms with Gasteiger partial charge in [0.1, 0.15) is 0 Å². The largest absolute Gasteiger partial charge is 0.350 e. The van der Waals surface area contributed by atoms with E-state index in [1.165, 1.54) is 0 Å². The lowest BCUT2D eigenvalue weighted by molar-refractivity contribution is 0.113. The third kappa shape index (κ3) is 2.20. The van der Waals surface area contributed by atoms with Crippen LogP contribution in [0.5, 0.6) is 0 Å². The van der Waals surface area contributed by atoms with Gasteiger partial charge in [0, 0.05) is 13.3 Å². The van der Waals surface area contributed by atoms with Crippen LogP contribution in [-0.4, -0.2) is 28.4 Å². The maximum atomic E-state index is 14.0. The molecule has 9 heteroatoms. The van der Waals surface area contributed by atoms with Crippen LogP contribution in [0, 0.1) is 0 Å². The molecule has 0 saturated carbocycles. The van der Waals surface area contributed by atoms with Crippen LogP contribution >= 0.6 is 0 Å². The molecule has 5 nitrogen and oxygen atoms in total. The molecule has 3 rings (SSSR count). The number of aromatic nitrogens is 3. The fraction of sp³-hybridized carbons (Fsp3) is 0.385. The van der Waals surface area contributed by atoms with E-state index < -0.39 is 32.5 Å². The molecule has 0 bridgehead atoms. The van der Waals surface area contributed by atoms with E-state index in [0.717, 1.165) is 4.68 Å². The molecule has 0 saturated heterocycles. The zero-order valence-electron chi connectivity index (χ0n) is 11.4. The van der Waals surface area contributed by atoms with E-state index in [0.29, 0.717) is 5.56 Å². The van der Waals surface area contributed by atoms with Crippen LogP contribution in [-0.2, 0) is 9.84 Å². The van der Waals surface area contributed by atoms with Gasteiger partial charge >= 0.3 is 5.25 Å². The minimum absolute atomic E-state index is 0.0438. The summed E-state index contributed by atoms with van der Waals surface area (Å²) in [6.07, 6.45) is -1.51. The summed E-state index contributed by atoms with van der Waals surface area (Å²) in [6, 6.07) is 8.17. The Labute approximate surface area is 124 Å². The number of hydrogen-bond acceptors (Lipinski definition) is 4. The molecule has 0 radical (unpaired) electrons. The topological polar surface area (TPSA) is 64.8 Å². The molecule has 0 spiro atoms. The van der Waals surface area contributed by atoms with Crippen molar-refractivity contribution in [2.75, 3.05) is 0 Å². The number of hydrogen-bond donors (Lipinski definition) is 0. The number of halogens is 3. The summed E-state index contributed by atoms with van der Waals surface area (Å²) < 4.78 is 64.9. The lowest BCUT2D eigenvalue weighted by Crippen LogP contribution is -2.26. The van der Waals surface area contributed by atoms with Crippen molar-refractivity contribution in [1.82, 2.24) is 14.8 Å². The van der Waals surface area contributed by atoms with E-state index >= 15 is 0 Å². The van der Waals surface area contributed by atoms with Gasteiger partial charge in [0.05, 0.1) is 6.04 Å². The van der Waals surface area contributed by atoms with Gasteiger partial charge in [-0.15, -0.1) is 5.10 Å². The summed E-state index contributed by atoms with van der Waals surface area (Å²) in [6.45, 7) is 0.246. The zero-order valence-corrected chi connectivity index (χ0v) is 12.3. The van der Waals surface area contributed by atoms with Crippen molar-refractivity contribution in [2.45, 2.75) is 36.0 Å². The van der Waals surface area contributed by atoms with Crippen LogP contribution in [0.15, 0.2) is 35.5 Å². The van der Waals surface area contributed by atoms with Gasteiger partial charge in [0.25, 0.3) is 15.0 Å². The van der Waals surface area contributed by atoms with Gasteiger partial charge in [0.15, 0.2) is 12.0 Å². The van der Waals surface area contributed by atoms with Gasteiger partial charge in [-0.05, 0) is 5.56 Å². The standard InChI is InChI=1S/C13H12F3N3O2S/c1-13(15,16)22(20,21)12-17-11-9(14)7-10(19(11)18-12)8-5-3-2-4-6-8/h2-6,9-10H,7H2,1H3/t9-,10-/m0/s1. The average molecular weight is 331 g/mol. The second-order valence-corrected chi connectivity index (χ2v) is 7.23. The lowest BCUT2D eigenvalue weighted by atomic mass is 10.0. The molecule has 2 aromatic rings. The highest BCUT2D eigenvalue weighted by atomic mass is 32.2. The Morgan fingerprint density at radius 2 is 1.91 bits per heavy atom. The molecule has 118 valence electrons. The first-order valence-corrected chi connectivity index (χ1v) is 7.98. The zero-order chi connectivity index (χ0) is 16.1. The number of benzene rings is 1. The number of fused-ring (bicyclic) bond motifs is 1. The molecular formula is C13H12F3N3O2S. The summed E-state index contributed by atoms with van der Waals surface area (Å²) in [5.41, 5.74) is 0.709. The fourth-order valence-electron chi connectivity index (χ4n) is 2.39. The molecule has 1 aromatic carbocycles. The van der Waals surface area contributed by atoms with Crippen LogP contribution in [0.25, 0.3) is 0 Å². The Bertz CT molecular complexity index is 800. The van der Waals surface area contributed by atoms with Gasteiger partial charge in [-0.2, -0.15) is 13.8 Å². The van der Waals surface area contributed by atoms with Gasteiger partial charge in [-0.25, -0.2) is 17.5 Å². The van der Waals surface area contributed by atoms with Crippen LogP contribution in [0.1, 0.15) is 36.9 Å². The maximum Gasteiger partial charge on any atom is 0.350 e. The molecule has 2 atom stereocenters. The lowest BCUT2D eigenvalue weighted by Gasteiger charge is -2.12. The number of rotatable bonds is 3. The van der Waals surface area contributed by atoms with E-state index in [9.17, 15) is 21.6 Å². The molecular weight excluding hydrogens is 319 g/mol. The van der Waals surface area contributed by atoms with Crippen LogP contribution in [0.2, 0.25) is 0 Å². The Morgan fingerprint density at radius 3 is 2.50 bits per heavy atom. The molecule has 2 heterocycles. The van der Waals surface area contributed by atoms with Crippen molar-refractivity contribution in [3.05, 3.63) is 41.7 Å². The average Bonchev–Trinajstić information content (AvgIpc) is 3.00. The summed E-state index contributed by atoms with van der Waals surface area (Å²) in [7, 11) is -5.03. The molecule has 0 N–H and O–H groups in total. The molecule has 0 unspecified atom stereocenters. The van der Waals surface area contributed by atoms with Crippen molar-refractivity contribution in [3.63, 3.8) is 0 Å². The van der Waals surface area contributed by atoms with Crippen molar-refractivity contribution >= 4 is 9.84 Å². The number of sulfone groups is 1. The first kappa shape index (κ1) is 15.0. The highest BCUT2D eigenvalue weighted by Gasteiger charge is 2.46. The second kappa shape index (κ2) is 4.80. The summed E-state index contributed by atoms with van der Waals surface area (Å²) in [4.78, 5) is 3.49. The summed E-state index contributed by atoms with van der Waals surface area (Å²) in [5.74, 6) is -0.239. The van der Waals surface area contributed by atoms with Crippen molar-refractivity contribution in [1.29, 1.82) is 0 Å². The van der Waals surface area contributed by atoms with E-state index in [1.807, 2.05) is 0 Å². The van der Waals surface area contributed by atoms with E-state index in [1.54, 1.807) is 30.3 Å². The molecule has 1 aliphatic rings. The Balaban J connectivity index is 2.08. The molecule has 22 heavy (non-hydrogen) atoms. The minimum Gasteiger partial charge on any atom is -0.239 e. The predicted octanol–water partition coefficient (Wildman–Crippen LogP) is 2.67. The first-order chi connectivity index (χ1) is 10.2. The van der Waals surface area contributed by atoms with E-state index in [-0.39, 0.29) is 19.2 Å².